The lowest BCUT2D eigenvalue weighted by Gasteiger charge is -2.36. The summed E-state index contributed by atoms with van der Waals surface area (Å²) in [5, 5.41) is 0. The van der Waals surface area contributed by atoms with Crippen LogP contribution in [0.4, 0.5) is 11.6 Å². The van der Waals surface area contributed by atoms with E-state index in [-0.39, 0.29) is 18.4 Å². The molecule has 1 aromatic heterocycles. The van der Waals surface area contributed by atoms with E-state index in [0.717, 1.165) is 22.4 Å². The van der Waals surface area contributed by atoms with E-state index >= 15 is 0 Å². The van der Waals surface area contributed by atoms with Crippen molar-refractivity contribution in [1.82, 2.24) is 14.9 Å². The van der Waals surface area contributed by atoms with Crippen molar-refractivity contribution in [3.05, 3.63) is 47.3 Å². The second kappa shape index (κ2) is 8.37. The number of carbonyl (C=O) groups excluding carboxylic acids is 2. The molecule has 1 saturated heterocycles. The van der Waals surface area contributed by atoms with Crippen LogP contribution in [0.1, 0.15) is 23.6 Å². The minimum absolute atomic E-state index is 0.0387. The third-order valence-electron chi connectivity index (χ3n) is 5.05. The molecule has 148 valence electrons. The maximum Gasteiger partial charge on any atom is 0.242 e. The van der Waals surface area contributed by atoms with Gasteiger partial charge in [0.15, 0.2) is 0 Å². The van der Waals surface area contributed by atoms with Crippen LogP contribution in [0, 0.1) is 20.8 Å². The summed E-state index contributed by atoms with van der Waals surface area (Å²) in [4.78, 5) is 39.2. The van der Waals surface area contributed by atoms with Crippen molar-refractivity contribution < 1.29 is 9.59 Å². The number of piperazine rings is 1. The molecule has 3 rings (SSSR count). The predicted octanol–water partition coefficient (Wildman–Crippen LogP) is 2.10. The molecule has 2 amide bonds. The Kier molecular flexibility index (Phi) is 5.92. The molecule has 28 heavy (non-hydrogen) atoms. The first-order valence-electron chi connectivity index (χ1n) is 9.52. The summed E-state index contributed by atoms with van der Waals surface area (Å²) in [6.07, 6.45) is 3.44. The average molecular weight is 381 g/mol. The van der Waals surface area contributed by atoms with Crippen molar-refractivity contribution >= 4 is 23.5 Å². The van der Waals surface area contributed by atoms with Gasteiger partial charge in [-0.15, -0.1) is 0 Å². The zero-order chi connectivity index (χ0) is 20.3. The van der Waals surface area contributed by atoms with Gasteiger partial charge >= 0.3 is 0 Å². The van der Waals surface area contributed by atoms with Crippen LogP contribution in [0.5, 0.6) is 0 Å². The Morgan fingerprint density at radius 3 is 2.11 bits per heavy atom. The molecular weight excluding hydrogens is 354 g/mol. The van der Waals surface area contributed by atoms with E-state index in [1.54, 1.807) is 23.4 Å². The van der Waals surface area contributed by atoms with Crippen molar-refractivity contribution in [3.8, 4) is 0 Å². The molecule has 0 saturated carbocycles. The molecule has 2 heterocycles. The Bertz CT molecular complexity index is 837. The Labute approximate surface area is 166 Å². The highest BCUT2D eigenvalue weighted by Gasteiger charge is 2.26. The highest BCUT2D eigenvalue weighted by atomic mass is 16.2. The molecule has 0 N–H and O–H groups in total. The van der Waals surface area contributed by atoms with Crippen LogP contribution >= 0.6 is 0 Å². The number of aryl methyl sites for hydroxylation is 3. The molecule has 0 unspecified atom stereocenters. The van der Waals surface area contributed by atoms with Crippen LogP contribution in [0.3, 0.4) is 0 Å². The van der Waals surface area contributed by atoms with Gasteiger partial charge in [0.05, 0.1) is 5.69 Å². The van der Waals surface area contributed by atoms with E-state index in [2.05, 4.69) is 14.9 Å². The number of anilines is 2. The van der Waals surface area contributed by atoms with Gasteiger partial charge < -0.3 is 14.7 Å². The maximum atomic E-state index is 12.9. The fraction of sp³-hybridized carbons (Fsp3) is 0.429. The topological polar surface area (TPSA) is 69.6 Å². The van der Waals surface area contributed by atoms with Gasteiger partial charge in [-0.05, 0) is 38.0 Å². The Hall–Kier alpha value is -2.96. The SMILES string of the molecule is CC(=O)N(CC(=O)N1CCN(c2ncccn2)CC1)c1c(C)cc(C)cc1C. The second-order valence-electron chi connectivity index (χ2n) is 7.27. The third-order valence-corrected chi connectivity index (χ3v) is 5.05. The van der Waals surface area contributed by atoms with Crippen LogP contribution in [0.2, 0.25) is 0 Å². The summed E-state index contributed by atoms with van der Waals surface area (Å²) in [5.74, 6) is 0.522. The summed E-state index contributed by atoms with van der Waals surface area (Å²) < 4.78 is 0. The molecule has 7 nitrogen and oxygen atoms in total. The number of aromatic nitrogens is 2. The van der Waals surface area contributed by atoms with Gasteiger partial charge in [0.25, 0.3) is 0 Å². The molecule has 2 aromatic rings. The zero-order valence-corrected chi connectivity index (χ0v) is 17.0. The fourth-order valence-electron chi connectivity index (χ4n) is 3.79. The molecule has 0 radical (unpaired) electrons. The zero-order valence-electron chi connectivity index (χ0n) is 17.0. The Morgan fingerprint density at radius 2 is 1.57 bits per heavy atom. The maximum absolute atomic E-state index is 12.9. The smallest absolute Gasteiger partial charge is 0.242 e. The van der Waals surface area contributed by atoms with Crippen molar-refractivity contribution in [2.45, 2.75) is 27.7 Å². The molecule has 1 aromatic carbocycles. The van der Waals surface area contributed by atoms with Crippen molar-refractivity contribution in [3.63, 3.8) is 0 Å². The average Bonchev–Trinajstić information content (AvgIpc) is 2.67. The van der Waals surface area contributed by atoms with E-state index in [1.165, 1.54) is 6.92 Å². The molecule has 0 atom stereocenters. The Morgan fingerprint density at radius 1 is 1.00 bits per heavy atom. The van der Waals surface area contributed by atoms with E-state index in [1.807, 2.05) is 37.8 Å². The van der Waals surface area contributed by atoms with Crippen molar-refractivity contribution in [1.29, 1.82) is 0 Å². The third kappa shape index (κ3) is 4.30. The van der Waals surface area contributed by atoms with Crippen LogP contribution in [0.25, 0.3) is 0 Å². The van der Waals surface area contributed by atoms with E-state index in [9.17, 15) is 9.59 Å². The first kappa shape index (κ1) is 19.8. The van der Waals surface area contributed by atoms with Crippen LogP contribution < -0.4 is 9.80 Å². The molecule has 1 aliphatic rings. The summed E-state index contributed by atoms with van der Waals surface area (Å²) in [5.41, 5.74) is 3.99. The first-order valence-corrected chi connectivity index (χ1v) is 9.52. The normalized spacial score (nSPS) is 14.1. The molecule has 0 spiro atoms. The van der Waals surface area contributed by atoms with Crippen molar-refractivity contribution in [2.75, 3.05) is 42.5 Å². The summed E-state index contributed by atoms with van der Waals surface area (Å²) in [7, 11) is 0. The lowest BCUT2D eigenvalue weighted by Crippen LogP contribution is -2.52. The van der Waals surface area contributed by atoms with E-state index < -0.39 is 0 Å². The summed E-state index contributed by atoms with van der Waals surface area (Å²) in [6.45, 7) is 10.1. The van der Waals surface area contributed by atoms with Gasteiger partial charge in [-0.25, -0.2) is 9.97 Å². The van der Waals surface area contributed by atoms with Gasteiger partial charge in [-0.1, -0.05) is 17.7 Å². The van der Waals surface area contributed by atoms with Crippen molar-refractivity contribution in [2.24, 2.45) is 0 Å². The quantitative estimate of drug-likeness (QED) is 0.811. The molecule has 1 fully saturated rings. The number of carbonyl (C=O) groups is 2. The monoisotopic (exact) mass is 381 g/mol. The highest BCUT2D eigenvalue weighted by Crippen LogP contribution is 2.26. The predicted molar refractivity (Wildman–Crippen MR) is 110 cm³/mol. The van der Waals surface area contributed by atoms with Crippen LogP contribution in [-0.2, 0) is 9.59 Å². The number of amides is 2. The lowest BCUT2D eigenvalue weighted by atomic mass is 10.0. The molecule has 0 aliphatic carbocycles. The van der Waals surface area contributed by atoms with Gasteiger partial charge in [0.1, 0.15) is 6.54 Å². The number of nitrogens with zero attached hydrogens (tertiary/aromatic N) is 5. The van der Waals surface area contributed by atoms with Crippen LogP contribution in [-0.4, -0.2) is 59.4 Å². The lowest BCUT2D eigenvalue weighted by molar-refractivity contribution is -0.131. The van der Waals surface area contributed by atoms with E-state index in [0.29, 0.717) is 32.1 Å². The minimum Gasteiger partial charge on any atom is -0.338 e. The number of rotatable bonds is 4. The van der Waals surface area contributed by atoms with Gasteiger partial charge in [0, 0.05) is 45.5 Å². The molecular formula is C21H27N5O2. The number of hydrogen-bond acceptors (Lipinski definition) is 5. The van der Waals surface area contributed by atoms with Gasteiger partial charge in [-0.3, -0.25) is 9.59 Å². The number of benzene rings is 1. The summed E-state index contributed by atoms with van der Waals surface area (Å²) in [6, 6.07) is 5.87. The van der Waals surface area contributed by atoms with E-state index in [4.69, 9.17) is 0 Å². The Balaban J connectivity index is 1.68. The number of hydrogen-bond donors (Lipinski definition) is 0. The summed E-state index contributed by atoms with van der Waals surface area (Å²) >= 11 is 0. The highest BCUT2D eigenvalue weighted by molar-refractivity contribution is 5.98. The molecule has 7 heteroatoms. The van der Waals surface area contributed by atoms with Gasteiger partial charge in [-0.2, -0.15) is 0 Å². The fourth-order valence-corrected chi connectivity index (χ4v) is 3.79. The van der Waals surface area contributed by atoms with Gasteiger partial charge in [0.2, 0.25) is 17.8 Å². The minimum atomic E-state index is -0.125. The second-order valence-corrected chi connectivity index (χ2v) is 7.27. The first-order chi connectivity index (χ1) is 13.4. The molecule has 1 aliphatic heterocycles. The van der Waals surface area contributed by atoms with Crippen LogP contribution in [0.15, 0.2) is 30.6 Å². The standard InChI is InChI=1S/C21H27N5O2/c1-15-12-16(2)20(17(3)13-15)26(18(4)27)14-19(28)24-8-10-25(11-9-24)21-22-6-5-7-23-21/h5-7,12-13H,8-11,14H2,1-4H3. The molecule has 0 bridgehead atoms. The largest absolute Gasteiger partial charge is 0.338 e.